The standard InChI is InChI=1S/C25H32N4O3/c1-2-8-23(30)27-21-13-7-14-22(16-21)28-24(31)17-26-20-12-6-9-18(15-20)25(32)29-19-10-4-3-5-11-19/h6-7,9,12-16,19,26H,2-5,8,10-11,17H2,1H3,(H,27,30)(H,28,31)(H,29,32). The lowest BCUT2D eigenvalue weighted by Gasteiger charge is -2.22. The van der Waals surface area contributed by atoms with Gasteiger partial charge in [0.05, 0.1) is 6.54 Å². The van der Waals surface area contributed by atoms with E-state index >= 15 is 0 Å². The molecule has 0 spiro atoms. The highest BCUT2D eigenvalue weighted by atomic mass is 16.2. The van der Waals surface area contributed by atoms with E-state index in [4.69, 9.17) is 0 Å². The van der Waals surface area contributed by atoms with Crippen LogP contribution in [0.4, 0.5) is 17.1 Å². The molecule has 2 aromatic carbocycles. The Hall–Kier alpha value is -3.35. The van der Waals surface area contributed by atoms with Crippen LogP contribution in [-0.2, 0) is 9.59 Å². The summed E-state index contributed by atoms with van der Waals surface area (Å²) in [5, 5.41) is 11.8. The fraction of sp³-hybridized carbons (Fsp3) is 0.400. The average Bonchev–Trinajstić information content (AvgIpc) is 2.79. The number of hydrogen-bond donors (Lipinski definition) is 4. The highest BCUT2D eigenvalue weighted by Gasteiger charge is 2.16. The van der Waals surface area contributed by atoms with Crippen LogP contribution in [0.3, 0.4) is 0 Å². The van der Waals surface area contributed by atoms with E-state index in [1.165, 1.54) is 6.42 Å². The van der Waals surface area contributed by atoms with Gasteiger partial charge in [-0.3, -0.25) is 14.4 Å². The summed E-state index contributed by atoms with van der Waals surface area (Å²) in [4.78, 5) is 36.7. The van der Waals surface area contributed by atoms with Crippen molar-refractivity contribution in [3.8, 4) is 0 Å². The second-order valence-electron chi connectivity index (χ2n) is 8.17. The van der Waals surface area contributed by atoms with Crippen LogP contribution in [-0.4, -0.2) is 30.3 Å². The predicted molar refractivity (Wildman–Crippen MR) is 128 cm³/mol. The summed E-state index contributed by atoms with van der Waals surface area (Å²) in [7, 11) is 0. The molecule has 1 aliphatic carbocycles. The normalized spacial score (nSPS) is 13.8. The van der Waals surface area contributed by atoms with Crippen molar-refractivity contribution in [1.82, 2.24) is 5.32 Å². The van der Waals surface area contributed by atoms with E-state index < -0.39 is 0 Å². The van der Waals surface area contributed by atoms with Crippen molar-refractivity contribution in [2.45, 2.75) is 57.9 Å². The third-order valence-corrected chi connectivity index (χ3v) is 5.43. The molecule has 0 bridgehead atoms. The van der Waals surface area contributed by atoms with E-state index in [2.05, 4.69) is 21.3 Å². The van der Waals surface area contributed by atoms with Crippen molar-refractivity contribution in [3.05, 3.63) is 54.1 Å². The summed E-state index contributed by atoms with van der Waals surface area (Å²) >= 11 is 0. The first-order valence-electron chi connectivity index (χ1n) is 11.4. The van der Waals surface area contributed by atoms with Gasteiger partial charge in [0.15, 0.2) is 0 Å². The van der Waals surface area contributed by atoms with Crippen molar-refractivity contribution in [3.63, 3.8) is 0 Å². The molecule has 0 atom stereocenters. The maximum Gasteiger partial charge on any atom is 0.251 e. The fourth-order valence-electron chi connectivity index (χ4n) is 3.80. The molecule has 7 nitrogen and oxygen atoms in total. The second kappa shape index (κ2) is 11.9. The molecule has 170 valence electrons. The zero-order valence-electron chi connectivity index (χ0n) is 18.6. The molecule has 0 radical (unpaired) electrons. The van der Waals surface area contributed by atoms with E-state index in [-0.39, 0.29) is 30.3 Å². The summed E-state index contributed by atoms with van der Waals surface area (Å²) in [6, 6.07) is 14.5. The molecular formula is C25H32N4O3. The number of nitrogens with one attached hydrogen (secondary N) is 4. The Morgan fingerprint density at radius 3 is 2.22 bits per heavy atom. The Bertz CT molecular complexity index is 938. The maximum atomic E-state index is 12.5. The lowest BCUT2D eigenvalue weighted by atomic mass is 9.95. The van der Waals surface area contributed by atoms with Crippen LogP contribution in [0.25, 0.3) is 0 Å². The summed E-state index contributed by atoms with van der Waals surface area (Å²) in [6.45, 7) is 2.00. The zero-order valence-corrected chi connectivity index (χ0v) is 18.6. The van der Waals surface area contributed by atoms with E-state index in [1.807, 2.05) is 13.0 Å². The van der Waals surface area contributed by atoms with Gasteiger partial charge in [-0.15, -0.1) is 0 Å². The first kappa shape index (κ1) is 23.3. The largest absolute Gasteiger partial charge is 0.376 e. The van der Waals surface area contributed by atoms with Crippen LogP contribution in [0.1, 0.15) is 62.2 Å². The Balaban J connectivity index is 1.50. The molecule has 7 heteroatoms. The molecule has 4 N–H and O–H groups in total. The average molecular weight is 437 g/mol. The van der Waals surface area contributed by atoms with Gasteiger partial charge >= 0.3 is 0 Å². The van der Waals surface area contributed by atoms with Crippen LogP contribution in [0.15, 0.2) is 48.5 Å². The number of anilines is 3. The summed E-state index contributed by atoms with van der Waals surface area (Å²) in [6.07, 6.45) is 6.87. The minimum Gasteiger partial charge on any atom is -0.376 e. The third-order valence-electron chi connectivity index (χ3n) is 5.43. The molecule has 0 saturated heterocycles. The molecule has 1 fully saturated rings. The van der Waals surface area contributed by atoms with Crippen LogP contribution in [0.5, 0.6) is 0 Å². The molecule has 1 saturated carbocycles. The van der Waals surface area contributed by atoms with Gasteiger partial charge in [-0.25, -0.2) is 0 Å². The predicted octanol–water partition coefficient (Wildman–Crippen LogP) is 4.54. The SMILES string of the molecule is CCCC(=O)Nc1cccc(NC(=O)CNc2cccc(C(=O)NC3CCCCC3)c2)c1. The number of carbonyl (C=O) groups is 3. The van der Waals surface area contributed by atoms with Crippen molar-refractivity contribution in [2.24, 2.45) is 0 Å². The van der Waals surface area contributed by atoms with Gasteiger partial charge in [-0.2, -0.15) is 0 Å². The topological polar surface area (TPSA) is 99.3 Å². The Morgan fingerprint density at radius 2 is 1.50 bits per heavy atom. The van der Waals surface area contributed by atoms with Crippen molar-refractivity contribution in [1.29, 1.82) is 0 Å². The van der Waals surface area contributed by atoms with Gasteiger partial charge in [-0.1, -0.05) is 38.3 Å². The number of carbonyl (C=O) groups excluding carboxylic acids is 3. The highest BCUT2D eigenvalue weighted by molar-refractivity contribution is 5.97. The fourth-order valence-corrected chi connectivity index (χ4v) is 3.80. The molecule has 32 heavy (non-hydrogen) atoms. The molecule has 0 unspecified atom stereocenters. The van der Waals surface area contributed by atoms with E-state index in [0.29, 0.717) is 29.0 Å². The van der Waals surface area contributed by atoms with Crippen LogP contribution < -0.4 is 21.3 Å². The van der Waals surface area contributed by atoms with Crippen molar-refractivity contribution >= 4 is 34.8 Å². The van der Waals surface area contributed by atoms with Gasteiger partial charge in [0, 0.05) is 35.1 Å². The van der Waals surface area contributed by atoms with E-state index in [0.717, 1.165) is 32.1 Å². The minimum absolute atomic E-state index is 0.0509. The van der Waals surface area contributed by atoms with Crippen molar-refractivity contribution < 1.29 is 14.4 Å². The van der Waals surface area contributed by atoms with Gasteiger partial charge < -0.3 is 21.3 Å². The number of amides is 3. The minimum atomic E-state index is -0.223. The monoisotopic (exact) mass is 436 g/mol. The third kappa shape index (κ3) is 7.41. The van der Waals surface area contributed by atoms with E-state index in [9.17, 15) is 14.4 Å². The first-order chi connectivity index (χ1) is 15.5. The molecule has 2 aromatic rings. The number of rotatable bonds is 9. The molecule has 3 amide bonds. The number of hydrogen-bond acceptors (Lipinski definition) is 4. The molecule has 0 heterocycles. The Kier molecular flexibility index (Phi) is 8.66. The highest BCUT2D eigenvalue weighted by Crippen LogP contribution is 2.19. The van der Waals surface area contributed by atoms with Gasteiger partial charge in [-0.05, 0) is 55.7 Å². The lowest BCUT2D eigenvalue weighted by Crippen LogP contribution is -2.36. The van der Waals surface area contributed by atoms with Gasteiger partial charge in [0.25, 0.3) is 5.91 Å². The smallest absolute Gasteiger partial charge is 0.251 e. The van der Waals surface area contributed by atoms with Crippen LogP contribution >= 0.6 is 0 Å². The first-order valence-corrected chi connectivity index (χ1v) is 11.4. The van der Waals surface area contributed by atoms with Crippen LogP contribution in [0.2, 0.25) is 0 Å². The molecular weight excluding hydrogens is 404 g/mol. The Labute approximate surface area is 189 Å². The second-order valence-corrected chi connectivity index (χ2v) is 8.17. The molecule has 0 aliphatic heterocycles. The zero-order chi connectivity index (χ0) is 22.8. The van der Waals surface area contributed by atoms with Crippen molar-refractivity contribution in [2.75, 3.05) is 22.5 Å². The van der Waals surface area contributed by atoms with E-state index in [1.54, 1.807) is 42.5 Å². The Morgan fingerprint density at radius 1 is 0.844 bits per heavy atom. The van der Waals surface area contributed by atoms with Crippen LogP contribution in [0, 0.1) is 0 Å². The molecule has 3 rings (SSSR count). The molecule has 1 aliphatic rings. The van der Waals surface area contributed by atoms with Gasteiger partial charge in [0.2, 0.25) is 11.8 Å². The molecule has 0 aromatic heterocycles. The lowest BCUT2D eigenvalue weighted by molar-refractivity contribution is -0.116. The number of benzene rings is 2. The summed E-state index contributed by atoms with van der Waals surface area (Å²) < 4.78 is 0. The van der Waals surface area contributed by atoms with Gasteiger partial charge in [0.1, 0.15) is 0 Å². The maximum absolute atomic E-state index is 12.5. The summed E-state index contributed by atoms with van der Waals surface area (Å²) in [5.41, 5.74) is 2.53. The summed E-state index contributed by atoms with van der Waals surface area (Å²) in [5.74, 6) is -0.351. The quantitative estimate of drug-likeness (QED) is 0.464.